The Morgan fingerprint density at radius 1 is 1.31 bits per heavy atom. The molecule has 0 spiro atoms. The minimum atomic E-state index is 0.406. The van der Waals surface area contributed by atoms with Crippen LogP contribution in [0.2, 0.25) is 0 Å². The van der Waals surface area contributed by atoms with Gasteiger partial charge in [-0.05, 0) is 50.6 Å². The van der Waals surface area contributed by atoms with Crippen LogP contribution in [-0.2, 0) is 0 Å². The third-order valence-electron chi connectivity index (χ3n) is 3.67. The lowest BCUT2D eigenvalue weighted by Crippen LogP contribution is -2.42. The van der Waals surface area contributed by atoms with Gasteiger partial charge >= 0.3 is 0 Å². The van der Waals surface area contributed by atoms with E-state index in [0.29, 0.717) is 11.3 Å². The summed E-state index contributed by atoms with van der Waals surface area (Å²) in [5, 5.41) is 0. The highest BCUT2D eigenvalue weighted by atomic mass is 15.2. The molecular weight excluding hydrogens is 196 g/mol. The van der Waals surface area contributed by atoms with Crippen molar-refractivity contribution in [2.24, 2.45) is 17.1 Å². The second-order valence-corrected chi connectivity index (χ2v) is 6.71. The lowest BCUT2D eigenvalue weighted by Gasteiger charge is -2.37. The van der Waals surface area contributed by atoms with Crippen molar-refractivity contribution >= 4 is 0 Å². The smallest absolute Gasteiger partial charge is 0.00670 e. The van der Waals surface area contributed by atoms with Crippen LogP contribution in [0.5, 0.6) is 0 Å². The topological polar surface area (TPSA) is 29.3 Å². The molecule has 2 unspecified atom stereocenters. The zero-order chi connectivity index (χ0) is 12.2. The Hall–Kier alpha value is -0.0800. The van der Waals surface area contributed by atoms with Gasteiger partial charge in [0.15, 0.2) is 0 Å². The van der Waals surface area contributed by atoms with Gasteiger partial charge in [-0.25, -0.2) is 0 Å². The summed E-state index contributed by atoms with van der Waals surface area (Å²) in [6.45, 7) is 12.6. The first-order chi connectivity index (χ1) is 7.42. The van der Waals surface area contributed by atoms with Crippen molar-refractivity contribution in [2.75, 3.05) is 19.6 Å². The maximum Gasteiger partial charge on any atom is 0.00670 e. The van der Waals surface area contributed by atoms with Crippen LogP contribution in [-0.4, -0.2) is 30.6 Å². The molecule has 1 aliphatic rings. The van der Waals surface area contributed by atoms with Crippen LogP contribution >= 0.6 is 0 Å². The second-order valence-electron chi connectivity index (χ2n) is 6.71. The molecule has 0 amide bonds. The maximum absolute atomic E-state index is 5.92. The number of hydrogen-bond donors (Lipinski definition) is 1. The van der Waals surface area contributed by atoms with E-state index in [-0.39, 0.29) is 0 Å². The van der Waals surface area contributed by atoms with Crippen molar-refractivity contribution in [3.05, 3.63) is 0 Å². The average Bonchev–Trinajstić information content (AvgIpc) is 2.18. The molecule has 1 fully saturated rings. The Morgan fingerprint density at radius 3 is 2.50 bits per heavy atom. The molecule has 0 aromatic carbocycles. The van der Waals surface area contributed by atoms with Gasteiger partial charge in [0, 0.05) is 12.6 Å². The number of hydrogen-bond acceptors (Lipinski definition) is 2. The van der Waals surface area contributed by atoms with Crippen molar-refractivity contribution in [1.82, 2.24) is 4.90 Å². The van der Waals surface area contributed by atoms with E-state index in [4.69, 9.17) is 5.73 Å². The van der Waals surface area contributed by atoms with Crippen LogP contribution in [0.4, 0.5) is 0 Å². The van der Waals surface area contributed by atoms with Gasteiger partial charge < -0.3 is 10.6 Å². The molecule has 2 atom stereocenters. The van der Waals surface area contributed by atoms with Crippen molar-refractivity contribution in [3.63, 3.8) is 0 Å². The summed E-state index contributed by atoms with van der Waals surface area (Å²) < 4.78 is 0. The first-order valence-electron chi connectivity index (χ1n) is 6.86. The molecule has 2 heteroatoms. The van der Waals surface area contributed by atoms with Crippen molar-refractivity contribution in [2.45, 2.75) is 59.4 Å². The van der Waals surface area contributed by atoms with Gasteiger partial charge in [0.25, 0.3) is 0 Å². The Kier molecular flexibility index (Phi) is 5.26. The number of nitrogens with zero attached hydrogens (tertiary/aromatic N) is 1. The Labute approximate surface area is 102 Å². The van der Waals surface area contributed by atoms with Gasteiger partial charge in [-0.2, -0.15) is 0 Å². The first-order valence-corrected chi connectivity index (χ1v) is 6.86. The molecule has 0 radical (unpaired) electrons. The summed E-state index contributed by atoms with van der Waals surface area (Å²) in [5.74, 6) is 0.667. The molecule has 0 aliphatic carbocycles. The van der Waals surface area contributed by atoms with Crippen LogP contribution < -0.4 is 5.73 Å². The maximum atomic E-state index is 5.92. The largest absolute Gasteiger partial charge is 0.330 e. The van der Waals surface area contributed by atoms with Crippen molar-refractivity contribution in [3.8, 4) is 0 Å². The molecule has 0 saturated carbocycles. The molecule has 0 aromatic heterocycles. The van der Waals surface area contributed by atoms with Crippen LogP contribution in [0.25, 0.3) is 0 Å². The fraction of sp³-hybridized carbons (Fsp3) is 1.00. The Bertz CT molecular complexity index is 195. The zero-order valence-corrected chi connectivity index (χ0v) is 11.6. The van der Waals surface area contributed by atoms with Gasteiger partial charge in [-0.15, -0.1) is 0 Å². The molecule has 16 heavy (non-hydrogen) atoms. The van der Waals surface area contributed by atoms with Gasteiger partial charge in [0.1, 0.15) is 0 Å². The van der Waals surface area contributed by atoms with E-state index in [1.165, 1.54) is 38.8 Å². The molecule has 1 saturated heterocycles. The van der Waals surface area contributed by atoms with E-state index in [1.807, 2.05) is 0 Å². The summed E-state index contributed by atoms with van der Waals surface area (Å²) in [6.07, 6.45) is 5.39. The van der Waals surface area contributed by atoms with E-state index in [1.54, 1.807) is 0 Å². The van der Waals surface area contributed by atoms with E-state index in [2.05, 4.69) is 32.6 Å². The average molecular weight is 226 g/mol. The minimum Gasteiger partial charge on any atom is -0.330 e. The van der Waals surface area contributed by atoms with Gasteiger partial charge in [-0.1, -0.05) is 27.2 Å². The first kappa shape index (κ1) is 14.0. The predicted octanol–water partition coefficient (Wildman–Crippen LogP) is 2.87. The molecular formula is C14H30N2. The molecule has 1 aliphatic heterocycles. The minimum absolute atomic E-state index is 0.406. The quantitative estimate of drug-likeness (QED) is 0.798. The van der Waals surface area contributed by atoms with Crippen molar-refractivity contribution in [1.29, 1.82) is 0 Å². The number of likely N-dealkylation sites (tertiary alicyclic amines) is 1. The number of piperidine rings is 1. The second kappa shape index (κ2) is 6.02. The third kappa shape index (κ3) is 4.84. The highest BCUT2D eigenvalue weighted by Gasteiger charge is 2.24. The molecule has 96 valence electrons. The molecule has 0 aromatic rings. The summed E-state index contributed by atoms with van der Waals surface area (Å²) in [5.41, 5.74) is 6.32. The lowest BCUT2D eigenvalue weighted by molar-refractivity contribution is 0.122. The molecule has 1 rings (SSSR count). The Morgan fingerprint density at radius 2 is 2.00 bits per heavy atom. The number of nitrogens with two attached hydrogens (primary N) is 1. The van der Waals surface area contributed by atoms with Crippen LogP contribution in [0.3, 0.4) is 0 Å². The van der Waals surface area contributed by atoms with Gasteiger partial charge in [0.2, 0.25) is 0 Å². The zero-order valence-electron chi connectivity index (χ0n) is 11.6. The summed E-state index contributed by atoms with van der Waals surface area (Å²) in [6, 6.07) is 0.766. The van der Waals surface area contributed by atoms with Crippen LogP contribution in [0.15, 0.2) is 0 Å². The SMILES string of the molecule is CC1CCCCN1CC(CN)CC(C)(C)C. The molecule has 2 N–H and O–H groups in total. The standard InChI is InChI=1S/C14H30N2/c1-12-7-5-6-8-16(12)11-13(10-15)9-14(2,3)4/h12-13H,5-11,15H2,1-4H3. The molecule has 2 nitrogen and oxygen atoms in total. The van der Waals surface area contributed by atoms with E-state index in [0.717, 1.165) is 12.6 Å². The van der Waals surface area contributed by atoms with Crippen LogP contribution in [0.1, 0.15) is 53.4 Å². The summed E-state index contributed by atoms with van der Waals surface area (Å²) in [4.78, 5) is 2.65. The van der Waals surface area contributed by atoms with E-state index < -0.39 is 0 Å². The van der Waals surface area contributed by atoms with Gasteiger partial charge in [0.05, 0.1) is 0 Å². The summed E-state index contributed by atoms with van der Waals surface area (Å²) >= 11 is 0. The predicted molar refractivity (Wildman–Crippen MR) is 71.5 cm³/mol. The summed E-state index contributed by atoms with van der Waals surface area (Å²) in [7, 11) is 0. The van der Waals surface area contributed by atoms with Crippen molar-refractivity contribution < 1.29 is 0 Å². The van der Waals surface area contributed by atoms with Crippen LogP contribution in [0, 0.1) is 11.3 Å². The Balaban J connectivity index is 2.42. The monoisotopic (exact) mass is 226 g/mol. The highest BCUT2D eigenvalue weighted by Crippen LogP contribution is 2.26. The number of rotatable bonds is 4. The van der Waals surface area contributed by atoms with E-state index in [9.17, 15) is 0 Å². The fourth-order valence-electron chi connectivity index (χ4n) is 2.85. The molecule has 0 bridgehead atoms. The normalized spacial score (nSPS) is 25.7. The van der Waals surface area contributed by atoms with Gasteiger partial charge in [-0.3, -0.25) is 0 Å². The third-order valence-corrected chi connectivity index (χ3v) is 3.67. The fourth-order valence-corrected chi connectivity index (χ4v) is 2.85. The molecule has 1 heterocycles. The lowest BCUT2D eigenvalue weighted by atomic mass is 9.84. The highest BCUT2D eigenvalue weighted by molar-refractivity contribution is 4.78. The van der Waals surface area contributed by atoms with E-state index >= 15 is 0 Å².